The van der Waals surface area contributed by atoms with Gasteiger partial charge in [0.05, 0.1) is 13.7 Å². The van der Waals surface area contributed by atoms with Crippen molar-refractivity contribution in [3.63, 3.8) is 0 Å². The van der Waals surface area contributed by atoms with Crippen LogP contribution in [0.3, 0.4) is 0 Å². The van der Waals surface area contributed by atoms with Crippen LogP contribution in [0.5, 0.6) is 11.5 Å². The summed E-state index contributed by atoms with van der Waals surface area (Å²) in [5, 5.41) is 0. The van der Waals surface area contributed by atoms with Crippen molar-refractivity contribution in [1.29, 1.82) is 0 Å². The summed E-state index contributed by atoms with van der Waals surface area (Å²) < 4.78 is 15.4. The van der Waals surface area contributed by atoms with Crippen LogP contribution in [0.2, 0.25) is 0 Å². The molecule has 2 aromatic rings. The molecule has 0 saturated carbocycles. The average molecular weight is 343 g/mol. The maximum atomic E-state index is 12.1. The van der Waals surface area contributed by atoms with Gasteiger partial charge in [-0.15, -0.1) is 0 Å². The van der Waals surface area contributed by atoms with Crippen molar-refractivity contribution in [2.45, 2.75) is 26.2 Å². The lowest BCUT2D eigenvalue weighted by molar-refractivity contribution is 0.0593. The third-order valence-corrected chi connectivity index (χ3v) is 3.40. The summed E-state index contributed by atoms with van der Waals surface area (Å²) in [4.78, 5) is 27.5. The van der Waals surface area contributed by atoms with Crippen molar-refractivity contribution >= 4 is 11.9 Å². The van der Waals surface area contributed by atoms with Gasteiger partial charge in [0.2, 0.25) is 0 Å². The van der Waals surface area contributed by atoms with E-state index in [0.29, 0.717) is 12.4 Å². The standard InChI is InChI=1S/C19H21NO5/c1-3-4-5-13-24-14-9-11-15(12-10-14)25-19(22)17-8-6-7-16(20-17)18(21)23-2/h6-12H,3-5,13H2,1-2H3. The lowest BCUT2D eigenvalue weighted by Gasteiger charge is -2.08. The van der Waals surface area contributed by atoms with Crippen LogP contribution in [0.4, 0.5) is 0 Å². The highest BCUT2D eigenvalue weighted by atomic mass is 16.5. The molecule has 6 nitrogen and oxygen atoms in total. The molecule has 0 aliphatic carbocycles. The monoisotopic (exact) mass is 343 g/mol. The maximum absolute atomic E-state index is 12.1. The Morgan fingerprint density at radius 3 is 2.20 bits per heavy atom. The minimum atomic E-state index is -0.651. The van der Waals surface area contributed by atoms with Gasteiger partial charge in [-0.3, -0.25) is 0 Å². The van der Waals surface area contributed by atoms with E-state index in [2.05, 4.69) is 16.6 Å². The molecular formula is C19H21NO5. The van der Waals surface area contributed by atoms with Crippen LogP contribution in [-0.4, -0.2) is 30.6 Å². The summed E-state index contributed by atoms with van der Waals surface area (Å²) in [6, 6.07) is 11.3. The van der Waals surface area contributed by atoms with Crippen molar-refractivity contribution in [2.24, 2.45) is 0 Å². The number of benzene rings is 1. The molecule has 1 aromatic carbocycles. The van der Waals surface area contributed by atoms with Gasteiger partial charge in [-0.1, -0.05) is 25.8 Å². The average Bonchev–Trinajstić information content (AvgIpc) is 2.66. The zero-order valence-electron chi connectivity index (χ0n) is 14.4. The van der Waals surface area contributed by atoms with Crippen LogP contribution in [0, 0.1) is 0 Å². The summed E-state index contributed by atoms with van der Waals surface area (Å²) >= 11 is 0. The number of aromatic nitrogens is 1. The quantitative estimate of drug-likeness (QED) is 0.414. The third kappa shape index (κ3) is 5.60. The fourth-order valence-electron chi connectivity index (χ4n) is 2.07. The molecule has 0 spiro atoms. The van der Waals surface area contributed by atoms with Crippen molar-refractivity contribution in [3.05, 3.63) is 53.9 Å². The number of methoxy groups -OCH3 is 1. The lowest BCUT2D eigenvalue weighted by atomic mass is 10.2. The number of ether oxygens (including phenoxy) is 3. The number of unbranched alkanes of at least 4 members (excludes halogenated alkanes) is 2. The molecule has 0 N–H and O–H groups in total. The molecule has 25 heavy (non-hydrogen) atoms. The summed E-state index contributed by atoms with van der Waals surface area (Å²) in [5.41, 5.74) is 0.0792. The normalized spacial score (nSPS) is 10.2. The first-order valence-electron chi connectivity index (χ1n) is 8.14. The van der Waals surface area contributed by atoms with Gasteiger partial charge in [-0.05, 0) is 42.8 Å². The molecule has 6 heteroatoms. The van der Waals surface area contributed by atoms with E-state index in [0.717, 1.165) is 25.0 Å². The maximum Gasteiger partial charge on any atom is 0.362 e. The second-order valence-corrected chi connectivity index (χ2v) is 5.32. The third-order valence-electron chi connectivity index (χ3n) is 3.40. The van der Waals surface area contributed by atoms with Gasteiger partial charge in [0, 0.05) is 0 Å². The Kier molecular flexibility index (Phi) is 6.95. The predicted octanol–water partition coefficient (Wildman–Crippen LogP) is 3.66. The Labute approximate surface area is 146 Å². The first-order chi connectivity index (χ1) is 12.1. The van der Waals surface area contributed by atoms with Crippen molar-refractivity contribution < 1.29 is 23.8 Å². The Morgan fingerprint density at radius 2 is 1.56 bits per heavy atom. The van der Waals surface area contributed by atoms with Crippen LogP contribution in [0.15, 0.2) is 42.5 Å². The smallest absolute Gasteiger partial charge is 0.362 e. The van der Waals surface area contributed by atoms with Crippen LogP contribution >= 0.6 is 0 Å². The SMILES string of the molecule is CCCCCOc1ccc(OC(=O)c2cccc(C(=O)OC)n2)cc1. The van der Waals surface area contributed by atoms with Gasteiger partial charge in [0.1, 0.15) is 22.9 Å². The van der Waals surface area contributed by atoms with Gasteiger partial charge in [0.15, 0.2) is 0 Å². The van der Waals surface area contributed by atoms with Gasteiger partial charge < -0.3 is 14.2 Å². The van der Waals surface area contributed by atoms with Crippen LogP contribution in [0.1, 0.15) is 47.2 Å². The minimum Gasteiger partial charge on any atom is -0.494 e. The van der Waals surface area contributed by atoms with Crippen molar-refractivity contribution in [3.8, 4) is 11.5 Å². The number of pyridine rings is 1. The Bertz CT molecular complexity index is 712. The Hall–Kier alpha value is -2.89. The molecule has 0 aliphatic rings. The second-order valence-electron chi connectivity index (χ2n) is 5.32. The zero-order chi connectivity index (χ0) is 18.1. The van der Waals surface area contributed by atoms with Crippen LogP contribution in [-0.2, 0) is 4.74 Å². The highest BCUT2D eigenvalue weighted by Gasteiger charge is 2.14. The van der Waals surface area contributed by atoms with Gasteiger partial charge in [-0.2, -0.15) is 0 Å². The number of hydrogen-bond donors (Lipinski definition) is 0. The highest BCUT2D eigenvalue weighted by molar-refractivity contribution is 5.92. The number of esters is 2. The highest BCUT2D eigenvalue weighted by Crippen LogP contribution is 2.19. The summed E-state index contributed by atoms with van der Waals surface area (Å²) in [6.45, 7) is 2.80. The van der Waals surface area contributed by atoms with Gasteiger partial charge in [-0.25, -0.2) is 14.6 Å². The molecule has 2 rings (SSSR count). The van der Waals surface area contributed by atoms with E-state index < -0.39 is 11.9 Å². The molecule has 0 radical (unpaired) electrons. The topological polar surface area (TPSA) is 74.7 Å². The van der Waals surface area contributed by atoms with Gasteiger partial charge >= 0.3 is 11.9 Å². The minimum absolute atomic E-state index is 0.0304. The molecule has 0 fully saturated rings. The van der Waals surface area contributed by atoms with E-state index in [1.165, 1.54) is 19.2 Å². The Morgan fingerprint density at radius 1 is 0.920 bits per heavy atom. The van der Waals surface area contributed by atoms with Crippen LogP contribution < -0.4 is 9.47 Å². The van der Waals surface area contributed by atoms with E-state index in [1.807, 2.05) is 0 Å². The van der Waals surface area contributed by atoms with Crippen molar-refractivity contribution in [2.75, 3.05) is 13.7 Å². The number of hydrogen-bond acceptors (Lipinski definition) is 6. The predicted molar refractivity (Wildman–Crippen MR) is 92.0 cm³/mol. The molecule has 0 saturated heterocycles. The second kappa shape index (κ2) is 9.42. The summed E-state index contributed by atoms with van der Waals surface area (Å²) in [5.74, 6) is -0.167. The molecular weight excluding hydrogens is 322 g/mol. The number of nitrogens with zero attached hydrogens (tertiary/aromatic N) is 1. The fourth-order valence-corrected chi connectivity index (χ4v) is 2.07. The largest absolute Gasteiger partial charge is 0.494 e. The van der Waals surface area contributed by atoms with E-state index in [9.17, 15) is 9.59 Å². The molecule has 132 valence electrons. The van der Waals surface area contributed by atoms with Crippen molar-refractivity contribution in [1.82, 2.24) is 4.98 Å². The van der Waals surface area contributed by atoms with E-state index >= 15 is 0 Å². The van der Waals surface area contributed by atoms with Crippen LogP contribution in [0.25, 0.3) is 0 Å². The van der Waals surface area contributed by atoms with E-state index in [1.54, 1.807) is 30.3 Å². The molecule has 0 unspecified atom stereocenters. The molecule has 0 aliphatic heterocycles. The molecule has 0 atom stereocenters. The van der Waals surface area contributed by atoms with E-state index in [-0.39, 0.29) is 11.4 Å². The molecule has 1 heterocycles. The molecule has 1 aromatic heterocycles. The van der Waals surface area contributed by atoms with E-state index in [4.69, 9.17) is 9.47 Å². The molecule has 0 amide bonds. The fraction of sp³-hybridized carbons (Fsp3) is 0.316. The molecule has 0 bridgehead atoms. The zero-order valence-corrected chi connectivity index (χ0v) is 14.4. The first-order valence-corrected chi connectivity index (χ1v) is 8.14. The first kappa shape index (κ1) is 18.4. The summed E-state index contributed by atoms with van der Waals surface area (Å²) in [7, 11) is 1.25. The number of carbonyl (C=O) groups excluding carboxylic acids is 2. The summed E-state index contributed by atoms with van der Waals surface area (Å²) in [6.07, 6.45) is 3.28. The van der Waals surface area contributed by atoms with Gasteiger partial charge in [0.25, 0.3) is 0 Å². The number of rotatable bonds is 8. The number of carbonyl (C=O) groups is 2. The Balaban J connectivity index is 1.95. The lowest BCUT2D eigenvalue weighted by Crippen LogP contribution is -2.13.